The van der Waals surface area contributed by atoms with Gasteiger partial charge in [-0.3, -0.25) is 4.79 Å². The summed E-state index contributed by atoms with van der Waals surface area (Å²) in [5.74, 6) is 1.42. The number of thioether (sulfide) groups is 1. The van der Waals surface area contributed by atoms with Crippen molar-refractivity contribution in [3.63, 3.8) is 0 Å². The van der Waals surface area contributed by atoms with E-state index in [-0.39, 0.29) is 18.2 Å². The fraction of sp³-hybridized carbons (Fsp3) is 0.500. The van der Waals surface area contributed by atoms with Crippen LogP contribution in [0.5, 0.6) is 0 Å². The third-order valence-electron chi connectivity index (χ3n) is 4.05. The van der Waals surface area contributed by atoms with E-state index in [1.54, 1.807) is 17.8 Å². The smallest absolute Gasteiger partial charge is 0.243 e. The van der Waals surface area contributed by atoms with E-state index in [1.807, 2.05) is 25.1 Å². The highest BCUT2D eigenvalue weighted by Gasteiger charge is 2.23. The molecular formula is C18H26N2O3S2. The van der Waals surface area contributed by atoms with E-state index in [0.29, 0.717) is 13.1 Å². The second-order valence-electron chi connectivity index (χ2n) is 6.09. The summed E-state index contributed by atoms with van der Waals surface area (Å²) in [4.78, 5) is 11.9. The third-order valence-corrected chi connectivity index (χ3v) is 6.87. The van der Waals surface area contributed by atoms with Gasteiger partial charge in [-0.05, 0) is 25.3 Å². The van der Waals surface area contributed by atoms with E-state index >= 15 is 0 Å². The Balaban J connectivity index is 1.72. The minimum atomic E-state index is -3.27. The molecule has 5 nitrogen and oxygen atoms in total. The zero-order valence-electron chi connectivity index (χ0n) is 14.6. The molecule has 0 unspecified atom stereocenters. The van der Waals surface area contributed by atoms with Crippen molar-refractivity contribution in [3.8, 4) is 0 Å². The molecular weight excluding hydrogens is 356 g/mol. The minimum Gasteiger partial charge on any atom is -0.351 e. The van der Waals surface area contributed by atoms with Crippen molar-refractivity contribution in [1.29, 1.82) is 0 Å². The lowest BCUT2D eigenvalue weighted by Gasteiger charge is -2.25. The summed E-state index contributed by atoms with van der Waals surface area (Å²) in [6.07, 6.45) is 3.26. The number of nitrogens with zero attached hydrogens (tertiary/aromatic N) is 1. The average molecular weight is 383 g/mol. The first kappa shape index (κ1) is 20.0. The van der Waals surface area contributed by atoms with Gasteiger partial charge in [0.25, 0.3) is 0 Å². The molecule has 1 aliphatic rings. The Morgan fingerprint density at radius 1 is 1.24 bits per heavy atom. The maximum Gasteiger partial charge on any atom is 0.243 e. The molecule has 1 aromatic rings. The Kier molecular flexibility index (Phi) is 7.99. The van der Waals surface area contributed by atoms with Crippen molar-refractivity contribution in [3.05, 3.63) is 47.5 Å². The third kappa shape index (κ3) is 7.22. The highest BCUT2D eigenvalue weighted by atomic mass is 32.2. The van der Waals surface area contributed by atoms with Crippen LogP contribution in [0, 0.1) is 0 Å². The summed E-state index contributed by atoms with van der Waals surface area (Å²) in [5, 5.41) is 2.68. The molecule has 0 radical (unpaired) electrons. The molecule has 0 saturated carbocycles. The van der Waals surface area contributed by atoms with Gasteiger partial charge in [-0.15, -0.1) is 0 Å². The number of sulfonamides is 1. The van der Waals surface area contributed by atoms with Crippen molar-refractivity contribution >= 4 is 27.7 Å². The molecule has 0 bridgehead atoms. The number of amides is 1. The fourth-order valence-corrected chi connectivity index (χ4v) is 5.08. The van der Waals surface area contributed by atoms with Crippen molar-refractivity contribution in [2.45, 2.75) is 19.8 Å². The standard InChI is InChI=1S/C18H26N2O3S2/c1-16(7-8-17-5-3-2-4-6-17)15-18(21)19-9-14-25(22,23)20-10-12-24-13-11-20/h2-6,15H,7-14H2,1H3,(H,19,21)/b16-15+. The molecule has 1 N–H and O–H groups in total. The van der Waals surface area contributed by atoms with E-state index in [1.165, 1.54) is 9.87 Å². The van der Waals surface area contributed by atoms with E-state index < -0.39 is 10.0 Å². The maximum absolute atomic E-state index is 12.2. The van der Waals surface area contributed by atoms with Crippen molar-refractivity contribution in [1.82, 2.24) is 9.62 Å². The predicted octanol–water partition coefficient (Wildman–Crippen LogP) is 2.06. The quantitative estimate of drug-likeness (QED) is 0.699. The van der Waals surface area contributed by atoms with Crippen molar-refractivity contribution < 1.29 is 13.2 Å². The molecule has 0 aliphatic carbocycles. The van der Waals surface area contributed by atoms with Gasteiger partial charge in [0.15, 0.2) is 0 Å². The number of allylic oxidation sites excluding steroid dienone is 1. The van der Waals surface area contributed by atoms with Gasteiger partial charge in [0.2, 0.25) is 15.9 Å². The molecule has 7 heteroatoms. The largest absolute Gasteiger partial charge is 0.351 e. The monoisotopic (exact) mass is 382 g/mol. The molecule has 1 aromatic carbocycles. The van der Waals surface area contributed by atoms with E-state index in [4.69, 9.17) is 0 Å². The van der Waals surface area contributed by atoms with Gasteiger partial charge >= 0.3 is 0 Å². The number of rotatable bonds is 8. The van der Waals surface area contributed by atoms with E-state index in [9.17, 15) is 13.2 Å². The summed E-state index contributed by atoms with van der Waals surface area (Å²) < 4.78 is 25.9. The number of aryl methyl sites for hydroxylation is 1. The summed E-state index contributed by atoms with van der Waals surface area (Å²) in [6.45, 7) is 3.21. The molecule has 2 rings (SSSR count). The second-order valence-corrected chi connectivity index (χ2v) is 9.41. The lowest BCUT2D eigenvalue weighted by Crippen LogP contribution is -2.41. The average Bonchev–Trinajstić information content (AvgIpc) is 2.61. The normalized spacial score (nSPS) is 16.6. The Morgan fingerprint density at radius 2 is 1.92 bits per heavy atom. The Morgan fingerprint density at radius 3 is 2.60 bits per heavy atom. The lowest BCUT2D eigenvalue weighted by atomic mass is 10.1. The van der Waals surface area contributed by atoms with Crippen LogP contribution in [0.3, 0.4) is 0 Å². The fourth-order valence-electron chi connectivity index (χ4n) is 2.59. The number of hydrogen-bond donors (Lipinski definition) is 1. The molecule has 0 spiro atoms. The van der Waals surface area contributed by atoms with Gasteiger partial charge in [-0.1, -0.05) is 35.9 Å². The summed E-state index contributed by atoms with van der Waals surface area (Å²) in [6, 6.07) is 10.1. The number of carbonyl (C=O) groups is 1. The first-order valence-electron chi connectivity index (χ1n) is 8.52. The molecule has 138 valence electrons. The van der Waals surface area contributed by atoms with Crippen LogP contribution in [-0.4, -0.2) is 55.5 Å². The summed E-state index contributed by atoms with van der Waals surface area (Å²) in [7, 11) is -3.27. The Bertz CT molecular complexity index is 682. The van der Waals surface area contributed by atoms with Gasteiger partial charge in [-0.25, -0.2) is 12.7 Å². The van der Waals surface area contributed by atoms with Crippen LogP contribution < -0.4 is 5.32 Å². The molecule has 0 aromatic heterocycles. The number of benzene rings is 1. The highest BCUT2D eigenvalue weighted by molar-refractivity contribution is 7.99. The number of hydrogen-bond acceptors (Lipinski definition) is 4. The number of nitrogens with one attached hydrogen (secondary N) is 1. The SMILES string of the molecule is C/C(=C\C(=O)NCCS(=O)(=O)N1CCSCC1)CCc1ccccc1. The zero-order chi connectivity index (χ0) is 18.1. The first-order valence-corrected chi connectivity index (χ1v) is 11.3. The Labute approximate surface area is 154 Å². The van der Waals surface area contributed by atoms with Crippen LogP contribution in [0.1, 0.15) is 18.9 Å². The van der Waals surface area contributed by atoms with E-state index in [2.05, 4.69) is 17.4 Å². The molecule has 1 heterocycles. The predicted molar refractivity (Wildman–Crippen MR) is 104 cm³/mol. The zero-order valence-corrected chi connectivity index (χ0v) is 16.2. The van der Waals surface area contributed by atoms with Crippen LogP contribution in [0.2, 0.25) is 0 Å². The molecule has 1 saturated heterocycles. The summed E-state index contributed by atoms with van der Waals surface area (Å²) in [5.41, 5.74) is 2.22. The van der Waals surface area contributed by atoms with Crippen LogP contribution in [0.4, 0.5) is 0 Å². The molecule has 25 heavy (non-hydrogen) atoms. The van der Waals surface area contributed by atoms with Gasteiger partial charge in [0, 0.05) is 37.2 Å². The van der Waals surface area contributed by atoms with Gasteiger partial charge in [0.05, 0.1) is 5.75 Å². The highest BCUT2D eigenvalue weighted by Crippen LogP contribution is 2.13. The van der Waals surface area contributed by atoms with Crippen molar-refractivity contribution in [2.75, 3.05) is 36.9 Å². The van der Waals surface area contributed by atoms with Gasteiger partial charge in [0.1, 0.15) is 0 Å². The topological polar surface area (TPSA) is 66.5 Å². The van der Waals surface area contributed by atoms with Crippen LogP contribution in [0.15, 0.2) is 42.0 Å². The molecule has 1 aliphatic heterocycles. The Hall–Kier alpha value is -1.31. The number of carbonyl (C=O) groups excluding carboxylic acids is 1. The minimum absolute atomic E-state index is 0.0414. The maximum atomic E-state index is 12.2. The first-order chi connectivity index (χ1) is 12.0. The summed E-state index contributed by atoms with van der Waals surface area (Å²) >= 11 is 1.77. The molecule has 0 atom stereocenters. The van der Waals surface area contributed by atoms with Crippen LogP contribution in [0.25, 0.3) is 0 Å². The molecule has 1 amide bonds. The van der Waals surface area contributed by atoms with Gasteiger partial charge in [-0.2, -0.15) is 11.8 Å². The lowest BCUT2D eigenvalue weighted by molar-refractivity contribution is -0.116. The van der Waals surface area contributed by atoms with Crippen LogP contribution >= 0.6 is 11.8 Å². The molecule has 1 fully saturated rings. The van der Waals surface area contributed by atoms with E-state index in [0.717, 1.165) is 29.9 Å². The second kappa shape index (κ2) is 9.99. The van der Waals surface area contributed by atoms with Crippen molar-refractivity contribution in [2.24, 2.45) is 0 Å². The van der Waals surface area contributed by atoms with Crippen LogP contribution in [-0.2, 0) is 21.2 Å². The van der Waals surface area contributed by atoms with Gasteiger partial charge < -0.3 is 5.32 Å².